The largest absolute Gasteiger partial charge is 0.444 e. The van der Waals surface area contributed by atoms with E-state index in [4.69, 9.17) is 10.6 Å². The van der Waals surface area contributed by atoms with E-state index in [1.807, 2.05) is 20.8 Å². The van der Waals surface area contributed by atoms with Crippen molar-refractivity contribution in [2.45, 2.75) is 39.7 Å². The Bertz CT molecular complexity index is 851. The van der Waals surface area contributed by atoms with E-state index in [1.165, 1.54) is 4.88 Å². The lowest BCUT2D eigenvalue weighted by atomic mass is 10.2. The number of hydrogen-bond acceptors (Lipinski definition) is 8. The summed E-state index contributed by atoms with van der Waals surface area (Å²) in [6.07, 6.45) is 0.650. The second kappa shape index (κ2) is 7.63. The van der Waals surface area contributed by atoms with Crippen LogP contribution < -0.4 is 10.7 Å². The molecule has 0 bridgehead atoms. The number of piperazine rings is 1. The Morgan fingerprint density at radius 3 is 2.59 bits per heavy atom. The molecule has 146 valence electrons. The van der Waals surface area contributed by atoms with Crippen molar-refractivity contribution >= 4 is 39.4 Å². The Hall–Kier alpha value is -2.49. The van der Waals surface area contributed by atoms with Gasteiger partial charge in [0.05, 0.1) is 5.39 Å². The van der Waals surface area contributed by atoms with Crippen LogP contribution in [0.4, 0.5) is 16.6 Å². The van der Waals surface area contributed by atoms with Crippen LogP contribution in [0.5, 0.6) is 0 Å². The molecule has 0 radical (unpaired) electrons. The number of anilines is 1. The number of carbonyl (C=O) groups excluding carboxylic acids is 1. The van der Waals surface area contributed by atoms with Crippen LogP contribution in [0.2, 0.25) is 0 Å². The van der Waals surface area contributed by atoms with Gasteiger partial charge in [-0.15, -0.1) is 11.3 Å². The number of aryl methyl sites for hydroxylation is 1. The normalized spacial score (nSPS) is 15.7. The molecule has 3 rings (SSSR count). The predicted molar refractivity (Wildman–Crippen MR) is 106 cm³/mol. The van der Waals surface area contributed by atoms with Crippen LogP contribution in [0.25, 0.3) is 10.2 Å². The lowest BCUT2D eigenvalue weighted by Gasteiger charge is -2.36. The molecule has 9 nitrogen and oxygen atoms in total. The first kappa shape index (κ1) is 19.3. The van der Waals surface area contributed by atoms with Gasteiger partial charge in [-0.2, -0.15) is 9.97 Å². The van der Waals surface area contributed by atoms with E-state index in [0.717, 1.165) is 22.5 Å². The third-order valence-corrected chi connectivity index (χ3v) is 5.31. The molecule has 1 saturated heterocycles. The van der Waals surface area contributed by atoms with E-state index in [9.17, 15) is 4.79 Å². The van der Waals surface area contributed by atoms with Crippen molar-refractivity contribution in [2.24, 2.45) is 16.2 Å². The second-order valence-corrected chi connectivity index (χ2v) is 8.42. The molecular weight excluding hydrogens is 366 g/mol. The van der Waals surface area contributed by atoms with Gasteiger partial charge in [0.15, 0.2) is 0 Å². The molecule has 0 spiro atoms. The number of nitrogens with zero attached hydrogens (tertiary/aromatic N) is 6. The van der Waals surface area contributed by atoms with Crippen LogP contribution in [0, 0.1) is 0 Å². The number of hydrogen-bond donors (Lipinski definition) is 1. The summed E-state index contributed by atoms with van der Waals surface area (Å²) in [4.78, 5) is 27.2. The van der Waals surface area contributed by atoms with E-state index in [0.29, 0.717) is 26.2 Å². The number of carbonyl (C=O) groups is 1. The molecule has 1 aliphatic heterocycles. The van der Waals surface area contributed by atoms with Gasteiger partial charge >= 0.3 is 6.09 Å². The molecule has 0 saturated carbocycles. The zero-order valence-corrected chi connectivity index (χ0v) is 16.9. The third kappa shape index (κ3) is 4.44. The fourth-order valence-electron chi connectivity index (χ4n) is 2.88. The average Bonchev–Trinajstić information content (AvgIpc) is 3.03. The van der Waals surface area contributed by atoms with Crippen molar-refractivity contribution in [3.05, 3.63) is 10.9 Å². The first-order chi connectivity index (χ1) is 12.8. The van der Waals surface area contributed by atoms with Crippen LogP contribution in [-0.2, 0) is 11.2 Å². The summed E-state index contributed by atoms with van der Waals surface area (Å²) in [6.45, 7) is 10.2. The number of thiophene rings is 1. The van der Waals surface area contributed by atoms with Gasteiger partial charge in [-0.3, -0.25) is 0 Å². The van der Waals surface area contributed by atoms with Crippen LogP contribution >= 0.6 is 11.3 Å². The average molecular weight is 392 g/mol. The molecule has 0 aliphatic carbocycles. The minimum atomic E-state index is -0.498. The van der Waals surface area contributed by atoms with Crippen molar-refractivity contribution in [1.29, 1.82) is 0 Å². The topological polar surface area (TPSA) is 109 Å². The quantitative estimate of drug-likeness (QED) is 0.488. The zero-order chi connectivity index (χ0) is 19.6. The molecule has 0 unspecified atom stereocenters. The zero-order valence-electron chi connectivity index (χ0n) is 16.1. The molecule has 3 heterocycles. The van der Waals surface area contributed by atoms with Gasteiger partial charge in [0.2, 0.25) is 0 Å². The van der Waals surface area contributed by atoms with Crippen molar-refractivity contribution in [1.82, 2.24) is 14.9 Å². The van der Waals surface area contributed by atoms with Gasteiger partial charge in [-0.1, -0.05) is 17.3 Å². The van der Waals surface area contributed by atoms with Crippen molar-refractivity contribution in [2.75, 3.05) is 31.1 Å². The van der Waals surface area contributed by atoms with Crippen LogP contribution in [0.3, 0.4) is 0 Å². The fourth-order valence-corrected chi connectivity index (χ4v) is 3.84. The van der Waals surface area contributed by atoms with E-state index in [2.05, 4.69) is 38.2 Å². The molecule has 2 aromatic rings. The van der Waals surface area contributed by atoms with E-state index < -0.39 is 5.60 Å². The van der Waals surface area contributed by atoms with Crippen molar-refractivity contribution < 1.29 is 9.53 Å². The first-order valence-corrected chi connectivity index (χ1v) is 9.76. The van der Waals surface area contributed by atoms with Gasteiger partial charge in [0, 0.05) is 31.1 Å². The lowest BCUT2D eigenvalue weighted by molar-refractivity contribution is 0.0240. The monoisotopic (exact) mass is 391 g/mol. The maximum atomic E-state index is 12.3. The van der Waals surface area contributed by atoms with Gasteiger partial charge in [0.1, 0.15) is 16.2 Å². The molecule has 2 N–H and O–H groups in total. The molecular formula is C17H25N7O2S. The summed E-state index contributed by atoms with van der Waals surface area (Å²) in [6, 6.07) is 2.12. The first-order valence-electron chi connectivity index (χ1n) is 8.95. The Morgan fingerprint density at radius 1 is 1.30 bits per heavy atom. The summed E-state index contributed by atoms with van der Waals surface area (Å²) in [5.41, 5.74) is -0.498. The molecule has 27 heavy (non-hydrogen) atoms. The third-order valence-electron chi connectivity index (χ3n) is 4.14. The highest BCUT2D eigenvalue weighted by Crippen LogP contribution is 2.33. The number of fused-ring (bicyclic) bond motifs is 1. The molecule has 1 amide bonds. The fraction of sp³-hybridized carbons (Fsp3) is 0.588. The second-order valence-electron chi connectivity index (χ2n) is 7.30. The number of amides is 1. The number of nitrogens with two attached hydrogens (primary N) is 1. The Balaban J connectivity index is 1.82. The number of rotatable bonds is 3. The summed E-state index contributed by atoms with van der Waals surface area (Å²) >= 11 is 1.62. The highest BCUT2D eigenvalue weighted by atomic mass is 32.1. The standard InChI is InChI=1S/C17H25N7O2S/c1-5-11-10-12-13(19-15(21-22-18)20-14(12)27-11)23-6-8-24(9-7-23)16(25)26-17(2,3)4/h10H,5-9H2,1-4H3,(H2,18,19,20,21). The number of ether oxygens (including phenoxy) is 1. The molecule has 0 aromatic carbocycles. The molecule has 1 fully saturated rings. The molecule has 10 heteroatoms. The van der Waals surface area contributed by atoms with Gasteiger partial charge in [-0.25, -0.2) is 4.79 Å². The minimum Gasteiger partial charge on any atom is -0.444 e. The highest BCUT2D eigenvalue weighted by Gasteiger charge is 2.27. The van der Waals surface area contributed by atoms with Crippen molar-refractivity contribution in [3.63, 3.8) is 0 Å². The summed E-state index contributed by atoms with van der Waals surface area (Å²) < 4.78 is 5.46. The highest BCUT2D eigenvalue weighted by molar-refractivity contribution is 7.18. The van der Waals surface area contributed by atoms with Gasteiger partial charge in [0.25, 0.3) is 5.95 Å². The maximum Gasteiger partial charge on any atom is 0.410 e. The number of aromatic nitrogens is 2. The van der Waals surface area contributed by atoms with Crippen LogP contribution in [0.1, 0.15) is 32.6 Å². The Morgan fingerprint density at radius 2 is 2.00 bits per heavy atom. The smallest absolute Gasteiger partial charge is 0.410 e. The maximum absolute atomic E-state index is 12.3. The molecule has 2 aromatic heterocycles. The summed E-state index contributed by atoms with van der Waals surface area (Å²) in [7, 11) is 0. The van der Waals surface area contributed by atoms with Gasteiger partial charge < -0.3 is 20.4 Å². The van der Waals surface area contributed by atoms with Gasteiger partial charge in [-0.05, 0) is 33.3 Å². The Kier molecular flexibility index (Phi) is 5.45. The van der Waals surface area contributed by atoms with Crippen LogP contribution in [-0.4, -0.2) is 52.7 Å². The van der Waals surface area contributed by atoms with E-state index in [-0.39, 0.29) is 12.0 Å². The lowest BCUT2D eigenvalue weighted by Crippen LogP contribution is -2.50. The molecule has 1 aliphatic rings. The Labute approximate surface area is 162 Å². The van der Waals surface area contributed by atoms with Crippen LogP contribution in [0.15, 0.2) is 16.4 Å². The minimum absolute atomic E-state index is 0.249. The van der Waals surface area contributed by atoms with E-state index >= 15 is 0 Å². The van der Waals surface area contributed by atoms with Crippen molar-refractivity contribution in [3.8, 4) is 0 Å². The predicted octanol–water partition coefficient (Wildman–Crippen LogP) is 3.27. The van der Waals surface area contributed by atoms with E-state index in [1.54, 1.807) is 16.2 Å². The summed E-state index contributed by atoms with van der Waals surface area (Å²) in [5.74, 6) is 6.23. The molecule has 0 atom stereocenters. The summed E-state index contributed by atoms with van der Waals surface area (Å²) in [5, 5.41) is 8.12. The SMILES string of the molecule is CCc1cc2c(N3CCN(C(=O)OC(C)(C)C)CC3)nc(N=NN)nc2s1.